The molecular formula is C32H35FN6O6. The number of aliphatic hydroxyl groups excluding tert-OH is 2. The Bertz CT molecular complexity index is 1610. The van der Waals surface area contributed by atoms with Gasteiger partial charge in [0.1, 0.15) is 17.3 Å². The van der Waals surface area contributed by atoms with Gasteiger partial charge in [-0.2, -0.15) is 0 Å². The predicted octanol–water partition coefficient (Wildman–Crippen LogP) is 4.33. The van der Waals surface area contributed by atoms with Crippen molar-refractivity contribution in [2.75, 3.05) is 30.3 Å². The maximum atomic E-state index is 13.9. The number of nitrogens with one attached hydrogen (secondary N) is 5. The minimum absolute atomic E-state index is 0.0856. The van der Waals surface area contributed by atoms with Gasteiger partial charge >= 0.3 is 6.03 Å². The number of anilines is 2. The number of nitrogens with zero attached hydrogens (tertiary/aromatic N) is 1. The highest BCUT2D eigenvalue weighted by Crippen LogP contribution is 2.27. The molecule has 0 aliphatic heterocycles. The molecule has 2 heterocycles. The van der Waals surface area contributed by atoms with E-state index in [1.807, 2.05) is 0 Å². The zero-order valence-electron chi connectivity index (χ0n) is 24.6. The van der Waals surface area contributed by atoms with E-state index in [2.05, 4.69) is 31.2 Å². The second-order valence-electron chi connectivity index (χ2n) is 10.2. The van der Waals surface area contributed by atoms with Gasteiger partial charge in [-0.3, -0.25) is 14.6 Å². The highest BCUT2D eigenvalue weighted by molar-refractivity contribution is 6.00. The zero-order chi connectivity index (χ0) is 32.2. The van der Waals surface area contributed by atoms with Gasteiger partial charge in [0.15, 0.2) is 0 Å². The van der Waals surface area contributed by atoms with E-state index in [1.165, 1.54) is 6.07 Å². The van der Waals surface area contributed by atoms with Gasteiger partial charge in [0.25, 0.3) is 5.91 Å². The molecule has 4 aromatic rings. The third-order valence-corrected chi connectivity index (χ3v) is 6.55. The van der Waals surface area contributed by atoms with Crippen molar-refractivity contribution < 1.29 is 33.7 Å². The molecule has 12 nitrogen and oxygen atoms in total. The second kappa shape index (κ2) is 16.0. The molecule has 4 rings (SSSR count). The molecule has 45 heavy (non-hydrogen) atoms. The number of urea groups is 1. The van der Waals surface area contributed by atoms with Gasteiger partial charge in [-0.25, -0.2) is 9.18 Å². The van der Waals surface area contributed by atoms with Crippen LogP contribution in [0, 0.1) is 12.7 Å². The van der Waals surface area contributed by atoms with Crippen molar-refractivity contribution in [1.29, 1.82) is 0 Å². The lowest BCUT2D eigenvalue weighted by atomic mass is 10.2. The first kappa shape index (κ1) is 32.6. The van der Waals surface area contributed by atoms with E-state index >= 15 is 0 Å². The van der Waals surface area contributed by atoms with Crippen LogP contribution < -0.4 is 26.0 Å². The van der Waals surface area contributed by atoms with E-state index < -0.39 is 18.0 Å². The van der Waals surface area contributed by atoms with Gasteiger partial charge in [0, 0.05) is 43.7 Å². The molecule has 0 fully saturated rings. The van der Waals surface area contributed by atoms with Crippen molar-refractivity contribution in [2.24, 2.45) is 0 Å². The summed E-state index contributed by atoms with van der Waals surface area (Å²) in [6.07, 6.45) is 3.21. The lowest BCUT2D eigenvalue weighted by Crippen LogP contribution is -2.29. The largest absolute Gasteiger partial charge is 0.457 e. The summed E-state index contributed by atoms with van der Waals surface area (Å²) in [5.74, 6) is -0.0240. The Hall–Kier alpha value is -5.27. The van der Waals surface area contributed by atoms with Crippen LogP contribution in [0.4, 0.5) is 20.6 Å². The molecule has 0 aliphatic rings. The normalized spacial score (nSPS) is 11.4. The number of aromatic amines is 1. The highest BCUT2D eigenvalue weighted by Gasteiger charge is 2.12. The van der Waals surface area contributed by atoms with Crippen LogP contribution in [-0.2, 0) is 4.79 Å². The molecule has 236 valence electrons. The number of amides is 4. The number of H-pyrrole nitrogens is 1. The Balaban J connectivity index is 1.24. The van der Waals surface area contributed by atoms with Crippen LogP contribution in [0.25, 0.3) is 11.4 Å². The van der Waals surface area contributed by atoms with Crippen LogP contribution in [-0.4, -0.2) is 63.8 Å². The van der Waals surface area contributed by atoms with Gasteiger partial charge in [-0.1, -0.05) is 6.07 Å². The molecule has 0 bridgehead atoms. The number of rotatable bonds is 14. The number of carbonyl (C=O) groups excluding carboxylic acids is 3. The summed E-state index contributed by atoms with van der Waals surface area (Å²) in [6.45, 7) is 2.02. The zero-order valence-corrected chi connectivity index (χ0v) is 24.6. The molecule has 0 saturated carbocycles. The molecule has 0 spiro atoms. The van der Waals surface area contributed by atoms with E-state index in [0.29, 0.717) is 47.1 Å². The third-order valence-electron chi connectivity index (χ3n) is 6.55. The van der Waals surface area contributed by atoms with Crippen LogP contribution in [0.1, 0.15) is 35.2 Å². The number of aromatic nitrogens is 2. The van der Waals surface area contributed by atoms with Crippen molar-refractivity contribution >= 4 is 29.2 Å². The molecule has 1 unspecified atom stereocenters. The molecular weight excluding hydrogens is 583 g/mol. The summed E-state index contributed by atoms with van der Waals surface area (Å²) < 4.78 is 19.9. The third kappa shape index (κ3) is 10.2. The van der Waals surface area contributed by atoms with E-state index in [9.17, 15) is 23.9 Å². The SMILES string of the molecule is Cc1ccc(F)c(NC(=O)Nc2ccc(Oc3ccnc(-c4cc(C(=O)NCCCC(=O)NCCC(O)CO)c[nH]4)c3)cc2)c1. The molecule has 7 N–H and O–H groups in total. The van der Waals surface area contributed by atoms with Crippen LogP contribution >= 0.6 is 0 Å². The fourth-order valence-corrected chi connectivity index (χ4v) is 4.17. The molecule has 0 aliphatic carbocycles. The summed E-state index contributed by atoms with van der Waals surface area (Å²) >= 11 is 0. The molecule has 4 amide bonds. The lowest BCUT2D eigenvalue weighted by Gasteiger charge is -2.10. The summed E-state index contributed by atoms with van der Waals surface area (Å²) in [5.41, 5.74) is 2.94. The number of hydrogen-bond acceptors (Lipinski definition) is 7. The van der Waals surface area contributed by atoms with E-state index in [-0.39, 0.29) is 43.5 Å². The van der Waals surface area contributed by atoms with E-state index in [0.717, 1.165) is 5.56 Å². The van der Waals surface area contributed by atoms with Crippen LogP contribution in [0.15, 0.2) is 73.1 Å². The quantitative estimate of drug-likeness (QED) is 0.103. The van der Waals surface area contributed by atoms with Crippen molar-refractivity contribution in [3.8, 4) is 22.9 Å². The monoisotopic (exact) mass is 618 g/mol. The van der Waals surface area contributed by atoms with Gasteiger partial charge in [-0.15, -0.1) is 0 Å². The van der Waals surface area contributed by atoms with Gasteiger partial charge in [0.05, 0.1) is 35.3 Å². The Kier molecular flexibility index (Phi) is 11.6. The summed E-state index contributed by atoms with van der Waals surface area (Å²) in [4.78, 5) is 44.1. The fourth-order valence-electron chi connectivity index (χ4n) is 4.17. The Labute approximate surface area is 259 Å². The van der Waals surface area contributed by atoms with Crippen LogP contribution in [0.5, 0.6) is 11.5 Å². The first-order valence-electron chi connectivity index (χ1n) is 14.3. The van der Waals surface area contributed by atoms with Gasteiger partial charge < -0.3 is 41.2 Å². The number of benzene rings is 2. The van der Waals surface area contributed by atoms with Crippen molar-refractivity contribution in [3.63, 3.8) is 0 Å². The van der Waals surface area contributed by atoms with Crippen LogP contribution in [0.3, 0.4) is 0 Å². The number of aryl methyl sites for hydroxylation is 1. The van der Waals surface area contributed by atoms with Crippen molar-refractivity contribution in [2.45, 2.75) is 32.3 Å². The number of halogens is 1. The van der Waals surface area contributed by atoms with Gasteiger partial charge in [0.2, 0.25) is 5.91 Å². The number of pyridine rings is 1. The lowest BCUT2D eigenvalue weighted by molar-refractivity contribution is -0.121. The van der Waals surface area contributed by atoms with Crippen molar-refractivity contribution in [3.05, 3.63) is 90.0 Å². The smallest absolute Gasteiger partial charge is 0.323 e. The first-order valence-corrected chi connectivity index (χ1v) is 14.3. The summed E-state index contributed by atoms with van der Waals surface area (Å²) in [6, 6.07) is 15.6. The predicted molar refractivity (Wildman–Crippen MR) is 167 cm³/mol. The van der Waals surface area contributed by atoms with Crippen LogP contribution in [0.2, 0.25) is 0 Å². The first-order chi connectivity index (χ1) is 21.7. The average molecular weight is 619 g/mol. The molecule has 0 saturated heterocycles. The van der Waals surface area contributed by atoms with Crippen molar-refractivity contribution in [1.82, 2.24) is 20.6 Å². The summed E-state index contributed by atoms with van der Waals surface area (Å²) in [7, 11) is 0. The standard InChI is InChI=1S/C32H35FN6O6/c1-20-4-9-26(33)27(15-20)39-32(44)38-22-5-7-24(8-6-22)45-25-11-14-34-29(17-25)28-16-21(18-37-28)31(43)36-12-2-3-30(42)35-13-10-23(41)19-40/h4-9,11,14-18,23,37,40-41H,2-3,10,12-13,19H2,1H3,(H,35,42)(H,36,43)(H2,38,39,44). The second-order valence-corrected chi connectivity index (χ2v) is 10.2. The number of hydrogen-bond donors (Lipinski definition) is 7. The van der Waals surface area contributed by atoms with E-state index in [4.69, 9.17) is 9.84 Å². The maximum absolute atomic E-state index is 13.9. The minimum Gasteiger partial charge on any atom is -0.457 e. The molecule has 13 heteroatoms. The molecule has 2 aromatic carbocycles. The number of ether oxygens (including phenoxy) is 1. The molecule has 0 radical (unpaired) electrons. The fraction of sp³-hybridized carbons (Fsp3) is 0.250. The highest BCUT2D eigenvalue weighted by atomic mass is 19.1. The Morgan fingerprint density at radius 1 is 0.978 bits per heavy atom. The minimum atomic E-state index is -0.857. The molecule has 2 aromatic heterocycles. The Morgan fingerprint density at radius 2 is 1.78 bits per heavy atom. The van der Waals surface area contributed by atoms with Gasteiger partial charge in [-0.05, 0) is 73.9 Å². The topological polar surface area (TPSA) is 178 Å². The molecule has 1 atom stereocenters. The Morgan fingerprint density at radius 3 is 2.56 bits per heavy atom. The number of carbonyl (C=O) groups is 3. The van der Waals surface area contributed by atoms with E-state index in [1.54, 1.807) is 73.9 Å². The number of aliphatic hydroxyl groups is 2. The summed E-state index contributed by atoms with van der Waals surface area (Å²) in [5, 5.41) is 28.7. The maximum Gasteiger partial charge on any atom is 0.323 e. The average Bonchev–Trinajstić information content (AvgIpc) is 3.53.